The van der Waals surface area contributed by atoms with Gasteiger partial charge in [-0.1, -0.05) is 29.8 Å². The van der Waals surface area contributed by atoms with Crippen LogP contribution in [0, 0.1) is 0 Å². The molecule has 3 rings (SSSR count). The molecule has 0 aliphatic rings. The third-order valence-corrected chi connectivity index (χ3v) is 4.18. The maximum absolute atomic E-state index is 13.5. The average Bonchev–Trinajstić information content (AvgIpc) is 2.69. The molecule has 0 unspecified atom stereocenters. The summed E-state index contributed by atoms with van der Waals surface area (Å²) >= 11 is 5.92. The van der Waals surface area contributed by atoms with Crippen LogP contribution in [0.5, 0.6) is 0 Å². The summed E-state index contributed by atoms with van der Waals surface area (Å²) in [5.74, 6) is -1.45. The lowest BCUT2D eigenvalue weighted by Crippen LogP contribution is -2.18. The van der Waals surface area contributed by atoms with Gasteiger partial charge in [0.25, 0.3) is 11.8 Å². The second-order valence-corrected chi connectivity index (χ2v) is 6.27. The molecule has 2 N–H and O–H groups in total. The standard InChI is InChI=1S/C20H13ClF3N3O2/c21-15-6-2-1-5-13(15)18(28)27-16-9-8-12(11-14(16)20(22,23)24)26-19(29)17-7-3-4-10-25-17/h1-11H,(H,26,29)(H,27,28). The highest BCUT2D eigenvalue weighted by Gasteiger charge is 2.34. The average molecular weight is 420 g/mol. The molecule has 0 bridgehead atoms. The summed E-state index contributed by atoms with van der Waals surface area (Å²) in [7, 11) is 0. The number of alkyl halides is 3. The molecule has 2 aromatic carbocycles. The second kappa shape index (κ2) is 8.32. The van der Waals surface area contributed by atoms with Gasteiger partial charge < -0.3 is 10.6 Å². The summed E-state index contributed by atoms with van der Waals surface area (Å²) in [6.07, 6.45) is -3.38. The maximum Gasteiger partial charge on any atom is 0.418 e. The largest absolute Gasteiger partial charge is 0.418 e. The van der Waals surface area contributed by atoms with E-state index in [1.807, 2.05) is 0 Å². The lowest BCUT2D eigenvalue weighted by molar-refractivity contribution is -0.136. The van der Waals surface area contributed by atoms with Crippen molar-refractivity contribution in [3.63, 3.8) is 0 Å². The molecule has 3 aromatic rings. The maximum atomic E-state index is 13.5. The topological polar surface area (TPSA) is 71.1 Å². The van der Waals surface area contributed by atoms with E-state index in [0.29, 0.717) is 0 Å². The fraction of sp³-hybridized carbons (Fsp3) is 0.0500. The molecule has 29 heavy (non-hydrogen) atoms. The van der Waals surface area contributed by atoms with Crippen molar-refractivity contribution in [2.45, 2.75) is 6.18 Å². The normalized spacial score (nSPS) is 11.0. The number of aromatic nitrogens is 1. The van der Waals surface area contributed by atoms with E-state index in [1.165, 1.54) is 30.5 Å². The van der Waals surface area contributed by atoms with E-state index < -0.39 is 29.2 Å². The zero-order valence-corrected chi connectivity index (χ0v) is 15.4. The Morgan fingerprint density at radius 2 is 1.62 bits per heavy atom. The van der Waals surface area contributed by atoms with E-state index in [1.54, 1.807) is 24.3 Å². The number of nitrogens with zero attached hydrogens (tertiary/aromatic N) is 1. The predicted molar refractivity (Wildman–Crippen MR) is 103 cm³/mol. The molecule has 0 aliphatic carbocycles. The van der Waals surface area contributed by atoms with Crippen LogP contribution in [0.15, 0.2) is 66.9 Å². The van der Waals surface area contributed by atoms with E-state index in [-0.39, 0.29) is 22.0 Å². The van der Waals surface area contributed by atoms with E-state index in [0.717, 1.165) is 12.1 Å². The number of rotatable bonds is 4. The number of benzene rings is 2. The van der Waals surface area contributed by atoms with Gasteiger partial charge in [-0.15, -0.1) is 0 Å². The summed E-state index contributed by atoms with van der Waals surface area (Å²) in [4.78, 5) is 28.3. The Morgan fingerprint density at radius 3 is 2.28 bits per heavy atom. The summed E-state index contributed by atoms with van der Waals surface area (Å²) in [6.45, 7) is 0. The van der Waals surface area contributed by atoms with Crippen molar-refractivity contribution < 1.29 is 22.8 Å². The van der Waals surface area contributed by atoms with Crippen molar-refractivity contribution in [1.82, 2.24) is 4.98 Å². The Bertz CT molecular complexity index is 1060. The fourth-order valence-corrected chi connectivity index (χ4v) is 2.71. The molecule has 9 heteroatoms. The number of halogens is 4. The zero-order chi connectivity index (χ0) is 21.0. The molecule has 1 aromatic heterocycles. The predicted octanol–water partition coefficient (Wildman–Crippen LogP) is 5.26. The molecular weight excluding hydrogens is 407 g/mol. The van der Waals surface area contributed by atoms with Crippen molar-refractivity contribution >= 4 is 34.8 Å². The number of nitrogens with one attached hydrogen (secondary N) is 2. The Balaban J connectivity index is 1.88. The lowest BCUT2D eigenvalue weighted by Gasteiger charge is -2.16. The van der Waals surface area contributed by atoms with Gasteiger partial charge in [-0.3, -0.25) is 14.6 Å². The molecule has 0 aliphatic heterocycles. The molecule has 0 saturated carbocycles. The molecule has 5 nitrogen and oxygen atoms in total. The fourth-order valence-electron chi connectivity index (χ4n) is 2.49. The first-order chi connectivity index (χ1) is 13.8. The van der Waals surface area contributed by atoms with Crippen molar-refractivity contribution in [3.05, 3.63) is 88.7 Å². The van der Waals surface area contributed by atoms with Crippen LogP contribution in [0.25, 0.3) is 0 Å². The molecule has 2 amide bonds. The van der Waals surface area contributed by atoms with Gasteiger partial charge in [0.15, 0.2) is 0 Å². The first-order valence-corrected chi connectivity index (χ1v) is 8.63. The minimum atomic E-state index is -4.77. The molecule has 0 atom stereocenters. The number of carbonyl (C=O) groups is 2. The molecule has 1 heterocycles. The van der Waals surface area contributed by atoms with Crippen LogP contribution in [0.1, 0.15) is 26.4 Å². The number of pyridine rings is 1. The van der Waals surface area contributed by atoms with Crippen LogP contribution >= 0.6 is 11.6 Å². The van der Waals surface area contributed by atoms with Crippen LogP contribution in [0.3, 0.4) is 0 Å². The first kappa shape index (κ1) is 20.3. The molecule has 0 spiro atoms. The monoisotopic (exact) mass is 419 g/mol. The van der Waals surface area contributed by atoms with E-state index in [4.69, 9.17) is 11.6 Å². The van der Waals surface area contributed by atoms with Gasteiger partial charge >= 0.3 is 6.18 Å². The Labute approximate surface area is 168 Å². The van der Waals surface area contributed by atoms with E-state index in [2.05, 4.69) is 15.6 Å². The van der Waals surface area contributed by atoms with Gasteiger partial charge in [0.05, 0.1) is 21.8 Å². The number of hydrogen-bond acceptors (Lipinski definition) is 3. The molecule has 0 radical (unpaired) electrons. The van der Waals surface area contributed by atoms with Crippen LogP contribution in [0.2, 0.25) is 5.02 Å². The van der Waals surface area contributed by atoms with Gasteiger partial charge in [-0.25, -0.2) is 0 Å². The Kier molecular flexibility index (Phi) is 5.84. The highest BCUT2D eigenvalue weighted by molar-refractivity contribution is 6.34. The molecular formula is C20H13ClF3N3O2. The van der Waals surface area contributed by atoms with Crippen LogP contribution in [-0.2, 0) is 6.18 Å². The number of hydrogen-bond donors (Lipinski definition) is 2. The first-order valence-electron chi connectivity index (χ1n) is 8.25. The second-order valence-electron chi connectivity index (χ2n) is 5.86. The Morgan fingerprint density at radius 1 is 0.897 bits per heavy atom. The van der Waals surface area contributed by atoms with E-state index in [9.17, 15) is 22.8 Å². The van der Waals surface area contributed by atoms with Crippen molar-refractivity contribution in [2.75, 3.05) is 10.6 Å². The third kappa shape index (κ3) is 4.91. The highest BCUT2D eigenvalue weighted by atomic mass is 35.5. The minimum absolute atomic E-state index is 0.0369. The SMILES string of the molecule is O=C(Nc1ccc(NC(=O)c2ccccc2Cl)c(C(F)(F)F)c1)c1ccccn1. The number of anilines is 2. The van der Waals surface area contributed by atoms with Crippen molar-refractivity contribution in [2.24, 2.45) is 0 Å². The van der Waals surface area contributed by atoms with Gasteiger partial charge in [-0.05, 0) is 42.5 Å². The van der Waals surface area contributed by atoms with Crippen LogP contribution < -0.4 is 10.6 Å². The summed E-state index contributed by atoms with van der Waals surface area (Å²) in [6, 6.07) is 13.7. The summed E-state index contributed by atoms with van der Waals surface area (Å²) in [5.41, 5.74) is -1.58. The number of amides is 2. The van der Waals surface area contributed by atoms with Crippen LogP contribution in [-0.4, -0.2) is 16.8 Å². The molecule has 0 fully saturated rings. The Hall–Kier alpha value is -3.39. The summed E-state index contributed by atoms with van der Waals surface area (Å²) in [5, 5.41) is 4.68. The van der Waals surface area contributed by atoms with E-state index >= 15 is 0 Å². The minimum Gasteiger partial charge on any atom is -0.321 e. The van der Waals surface area contributed by atoms with Crippen molar-refractivity contribution in [3.8, 4) is 0 Å². The highest BCUT2D eigenvalue weighted by Crippen LogP contribution is 2.37. The van der Waals surface area contributed by atoms with Crippen molar-refractivity contribution in [1.29, 1.82) is 0 Å². The zero-order valence-electron chi connectivity index (χ0n) is 14.6. The van der Waals surface area contributed by atoms with Gasteiger partial charge in [0.1, 0.15) is 5.69 Å². The van der Waals surface area contributed by atoms with Gasteiger partial charge in [-0.2, -0.15) is 13.2 Å². The quantitative estimate of drug-likeness (QED) is 0.606. The van der Waals surface area contributed by atoms with Crippen LogP contribution in [0.4, 0.5) is 24.5 Å². The molecule has 0 saturated heterocycles. The van der Waals surface area contributed by atoms with Gasteiger partial charge in [0, 0.05) is 11.9 Å². The lowest BCUT2D eigenvalue weighted by atomic mass is 10.1. The van der Waals surface area contributed by atoms with Gasteiger partial charge in [0.2, 0.25) is 0 Å². The number of carbonyl (C=O) groups excluding carboxylic acids is 2. The third-order valence-electron chi connectivity index (χ3n) is 3.85. The molecule has 148 valence electrons. The smallest absolute Gasteiger partial charge is 0.321 e. The summed E-state index contributed by atoms with van der Waals surface area (Å²) < 4.78 is 40.6.